The molecule has 0 bridgehead atoms. The number of hydrogen-bond donors (Lipinski definition) is 0. The molecule has 0 amide bonds. The van der Waals surface area contributed by atoms with E-state index in [-0.39, 0.29) is 6.04 Å². The number of benzene rings is 1. The summed E-state index contributed by atoms with van der Waals surface area (Å²) in [6.07, 6.45) is 2.25. The van der Waals surface area contributed by atoms with Crippen LogP contribution in [0.25, 0.3) is 0 Å². The van der Waals surface area contributed by atoms with Crippen LogP contribution in [0.4, 0.5) is 5.69 Å². The molecule has 4 nitrogen and oxygen atoms in total. The molecule has 1 saturated heterocycles. The molecule has 0 saturated carbocycles. The standard InChI is InChI=1S/C15H21N3O/c1-4-19-14-5-6-15(12(2)9-14)17-7-8-18(11-16)13(3)10-17/h5-6,9,13H,4,7-8,10H2,1-3H3/t13-/m0/s1. The molecule has 0 spiro atoms. The van der Waals surface area contributed by atoms with Crippen LogP contribution in [0, 0.1) is 18.4 Å². The van der Waals surface area contributed by atoms with Crippen LogP contribution < -0.4 is 9.64 Å². The van der Waals surface area contributed by atoms with Gasteiger partial charge in [0, 0.05) is 25.3 Å². The Kier molecular flexibility index (Phi) is 4.16. The van der Waals surface area contributed by atoms with Crippen LogP contribution in [-0.4, -0.2) is 37.2 Å². The minimum atomic E-state index is 0.268. The van der Waals surface area contributed by atoms with Crippen LogP contribution >= 0.6 is 0 Å². The predicted octanol–water partition coefficient (Wildman–Crippen LogP) is 2.39. The fourth-order valence-electron chi connectivity index (χ4n) is 2.56. The third-order valence-electron chi connectivity index (χ3n) is 3.58. The summed E-state index contributed by atoms with van der Waals surface area (Å²) in [5, 5.41) is 9.01. The molecule has 19 heavy (non-hydrogen) atoms. The number of nitrogens with zero attached hydrogens (tertiary/aromatic N) is 3. The predicted molar refractivity (Wildman–Crippen MR) is 76.3 cm³/mol. The smallest absolute Gasteiger partial charge is 0.179 e. The topological polar surface area (TPSA) is 39.5 Å². The zero-order valence-corrected chi connectivity index (χ0v) is 11.9. The molecule has 0 radical (unpaired) electrons. The largest absolute Gasteiger partial charge is 0.494 e. The van der Waals surface area contributed by atoms with Crippen LogP contribution in [0.2, 0.25) is 0 Å². The van der Waals surface area contributed by atoms with E-state index >= 15 is 0 Å². The van der Waals surface area contributed by atoms with Crippen molar-refractivity contribution in [1.82, 2.24) is 4.90 Å². The second-order valence-electron chi connectivity index (χ2n) is 4.97. The Balaban J connectivity index is 2.13. The molecule has 1 aromatic carbocycles. The molecule has 1 aromatic rings. The van der Waals surface area contributed by atoms with E-state index in [1.807, 2.05) is 17.9 Å². The van der Waals surface area contributed by atoms with Crippen molar-refractivity contribution in [3.63, 3.8) is 0 Å². The first-order valence-corrected chi connectivity index (χ1v) is 6.80. The van der Waals surface area contributed by atoms with E-state index in [1.54, 1.807) is 0 Å². The van der Waals surface area contributed by atoms with Crippen molar-refractivity contribution < 1.29 is 4.74 Å². The van der Waals surface area contributed by atoms with Gasteiger partial charge in [0.25, 0.3) is 0 Å². The number of hydrogen-bond acceptors (Lipinski definition) is 4. The molecule has 4 heteroatoms. The molecular weight excluding hydrogens is 238 g/mol. The average molecular weight is 259 g/mol. The van der Waals surface area contributed by atoms with E-state index < -0.39 is 0 Å². The highest BCUT2D eigenvalue weighted by Crippen LogP contribution is 2.26. The normalized spacial score (nSPS) is 19.2. The Morgan fingerprint density at radius 1 is 1.42 bits per heavy atom. The van der Waals surface area contributed by atoms with Gasteiger partial charge in [0.1, 0.15) is 5.75 Å². The van der Waals surface area contributed by atoms with Gasteiger partial charge in [-0.2, -0.15) is 5.26 Å². The highest BCUT2D eigenvalue weighted by Gasteiger charge is 2.23. The monoisotopic (exact) mass is 259 g/mol. The lowest BCUT2D eigenvalue weighted by Gasteiger charge is -2.38. The third kappa shape index (κ3) is 2.93. The summed E-state index contributed by atoms with van der Waals surface area (Å²) in [4.78, 5) is 4.20. The second kappa shape index (κ2) is 5.83. The van der Waals surface area contributed by atoms with Gasteiger partial charge in [-0.05, 0) is 44.5 Å². The van der Waals surface area contributed by atoms with Gasteiger partial charge < -0.3 is 14.5 Å². The van der Waals surface area contributed by atoms with Crippen LogP contribution in [-0.2, 0) is 0 Å². The molecule has 2 rings (SSSR count). The number of aryl methyl sites for hydroxylation is 1. The third-order valence-corrected chi connectivity index (χ3v) is 3.58. The van der Waals surface area contributed by atoms with Crippen LogP contribution in [0.3, 0.4) is 0 Å². The lowest BCUT2D eigenvalue weighted by atomic mass is 10.1. The highest BCUT2D eigenvalue weighted by atomic mass is 16.5. The Labute approximate surface area is 115 Å². The average Bonchev–Trinajstić information content (AvgIpc) is 2.39. The number of piperazine rings is 1. The van der Waals surface area contributed by atoms with Crippen molar-refractivity contribution in [3.8, 4) is 11.9 Å². The van der Waals surface area contributed by atoms with Gasteiger partial charge in [0.15, 0.2) is 6.19 Å². The summed E-state index contributed by atoms with van der Waals surface area (Å²) in [5.41, 5.74) is 2.47. The Bertz CT molecular complexity index is 481. The zero-order valence-electron chi connectivity index (χ0n) is 11.9. The summed E-state index contributed by atoms with van der Waals surface area (Å²) in [6, 6.07) is 6.49. The Morgan fingerprint density at radius 3 is 2.79 bits per heavy atom. The highest BCUT2D eigenvalue weighted by molar-refractivity contribution is 5.56. The molecule has 1 aliphatic heterocycles. The zero-order chi connectivity index (χ0) is 13.8. The van der Waals surface area contributed by atoms with Crippen molar-refractivity contribution in [1.29, 1.82) is 5.26 Å². The van der Waals surface area contributed by atoms with Gasteiger partial charge in [-0.25, -0.2) is 0 Å². The lowest BCUT2D eigenvalue weighted by molar-refractivity contribution is 0.278. The van der Waals surface area contributed by atoms with Gasteiger partial charge in [-0.3, -0.25) is 0 Å². The van der Waals surface area contributed by atoms with Crippen molar-refractivity contribution in [3.05, 3.63) is 23.8 Å². The molecule has 1 atom stereocenters. The molecule has 1 heterocycles. The lowest BCUT2D eigenvalue weighted by Crippen LogP contribution is -2.50. The first kappa shape index (κ1) is 13.5. The van der Waals surface area contributed by atoms with E-state index in [0.29, 0.717) is 6.61 Å². The minimum absolute atomic E-state index is 0.268. The number of rotatable bonds is 3. The summed E-state index contributed by atoms with van der Waals surface area (Å²) >= 11 is 0. The molecule has 0 aliphatic carbocycles. The van der Waals surface area contributed by atoms with Gasteiger partial charge in [0.2, 0.25) is 0 Å². The fraction of sp³-hybridized carbons (Fsp3) is 0.533. The number of ether oxygens (including phenoxy) is 1. The first-order valence-electron chi connectivity index (χ1n) is 6.80. The quantitative estimate of drug-likeness (QED) is 0.781. The maximum atomic E-state index is 9.01. The molecule has 1 aliphatic rings. The molecule has 102 valence electrons. The summed E-state index contributed by atoms with van der Waals surface area (Å²) in [7, 11) is 0. The fourth-order valence-corrected chi connectivity index (χ4v) is 2.56. The van der Waals surface area contributed by atoms with E-state index in [1.165, 1.54) is 11.3 Å². The maximum Gasteiger partial charge on any atom is 0.179 e. The molecule has 0 aromatic heterocycles. The van der Waals surface area contributed by atoms with Gasteiger partial charge in [0.05, 0.1) is 12.6 Å². The SMILES string of the molecule is CCOc1ccc(N2CCN(C#N)[C@@H](C)C2)c(C)c1. The van der Waals surface area contributed by atoms with Crippen LogP contribution in [0.15, 0.2) is 18.2 Å². The van der Waals surface area contributed by atoms with Crippen LogP contribution in [0.5, 0.6) is 5.75 Å². The minimum Gasteiger partial charge on any atom is -0.494 e. The van der Waals surface area contributed by atoms with Crippen molar-refractivity contribution in [2.45, 2.75) is 26.8 Å². The van der Waals surface area contributed by atoms with Crippen molar-refractivity contribution in [2.24, 2.45) is 0 Å². The van der Waals surface area contributed by atoms with Gasteiger partial charge >= 0.3 is 0 Å². The molecule has 0 N–H and O–H groups in total. The van der Waals surface area contributed by atoms with E-state index in [4.69, 9.17) is 10.00 Å². The molecule has 1 fully saturated rings. The second-order valence-corrected chi connectivity index (χ2v) is 4.97. The number of anilines is 1. The van der Waals surface area contributed by atoms with Crippen molar-refractivity contribution >= 4 is 5.69 Å². The first-order chi connectivity index (χ1) is 9.15. The Morgan fingerprint density at radius 2 is 2.21 bits per heavy atom. The van der Waals surface area contributed by atoms with Gasteiger partial charge in [-0.15, -0.1) is 0 Å². The van der Waals surface area contributed by atoms with E-state index in [9.17, 15) is 0 Å². The summed E-state index contributed by atoms with van der Waals surface area (Å²) in [6.45, 7) is 9.47. The van der Waals surface area contributed by atoms with Crippen LogP contribution in [0.1, 0.15) is 19.4 Å². The summed E-state index contributed by atoms with van der Waals surface area (Å²) < 4.78 is 5.51. The maximum absolute atomic E-state index is 9.01. The summed E-state index contributed by atoms with van der Waals surface area (Å²) in [5.74, 6) is 0.924. The number of nitriles is 1. The Hall–Kier alpha value is -1.89. The van der Waals surface area contributed by atoms with E-state index in [2.05, 4.69) is 37.1 Å². The molecule has 0 unspecified atom stereocenters. The van der Waals surface area contributed by atoms with E-state index in [0.717, 1.165) is 25.4 Å². The molecular formula is C15H21N3O. The van der Waals surface area contributed by atoms with Gasteiger partial charge in [-0.1, -0.05) is 0 Å². The van der Waals surface area contributed by atoms with Crippen molar-refractivity contribution in [2.75, 3.05) is 31.1 Å².